The molecule has 35 heavy (non-hydrogen) atoms. The highest BCUT2D eigenvalue weighted by atomic mass is 16.5. The molecule has 1 amide bonds. The molecule has 3 N–H and O–H groups in total. The number of carbonyl (C=O) groups is 1. The number of benzene rings is 2. The third-order valence-corrected chi connectivity index (χ3v) is 6.05. The lowest BCUT2D eigenvalue weighted by atomic mass is 10.0. The second-order valence-electron chi connectivity index (χ2n) is 8.95. The van der Waals surface area contributed by atoms with Crippen molar-refractivity contribution in [1.29, 1.82) is 0 Å². The number of aryl methyl sites for hydroxylation is 1. The zero-order chi connectivity index (χ0) is 24.2. The highest BCUT2D eigenvalue weighted by molar-refractivity contribution is 6.03. The number of nitrogens with two attached hydrogens (primary N) is 1. The molecule has 2 heterocycles. The van der Waals surface area contributed by atoms with Crippen LogP contribution in [-0.4, -0.2) is 27.3 Å². The quantitative estimate of drug-likeness (QED) is 0.369. The second-order valence-corrected chi connectivity index (χ2v) is 8.95. The molecule has 1 aliphatic carbocycles. The average molecular weight is 468 g/mol. The first-order chi connectivity index (χ1) is 17.1. The van der Waals surface area contributed by atoms with Crippen LogP contribution in [0.15, 0.2) is 79.0 Å². The molecule has 7 heteroatoms. The van der Waals surface area contributed by atoms with Crippen LogP contribution in [0.5, 0.6) is 0 Å². The van der Waals surface area contributed by atoms with E-state index in [1.165, 1.54) is 12.8 Å². The largest absolute Gasteiger partial charge is 0.367 e. The summed E-state index contributed by atoms with van der Waals surface area (Å²) in [6.07, 6.45) is 3.91. The summed E-state index contributed by atoms with van der Waals surface area (Å²) in [6.45, 7) is 3.00. The third-order valence-electron chi connectivity index (χ3n) is 6.05. The van der Waals surface area contributed by atoms with Gasteiger partial charge in [-0.05, 0) is 79.3 Å². The molecule has 5 rings (SSSR count). The number of anilines is 1. The van der Waals surface area contributed by atoms with Crippen molar-refractivity contribution in [1.82, 2.24) is 14.8 Å². The van der Waals surface area contributed by atoms with Crippen molar-refractivity contribution in [3.63, 3.8) is 0 Å². The maximum atomic E-state index is 13.3. The molecular formula is C28H29N5O2. The zero-order valence-electron chi connectivity index (χ0n) is 19.7. The van der Waals surface area contributed by atoms with Gasteiger partial charge in [-0.25, -0.2) is 4.68 Å². The number of rotatable bonds is 9. The van der Waals surface area contributed by atoms with Crippen molar-refractivity contribution in [2.75, 3.05) is 11.9 Å². The summed E-state index contributed by atoms with van der Waals surface area (Å²) < 4.78 is 7.94. The van der Waals surface area contributed by atoms with Crippen LogP contribution in [0.25, 0.3) is 5.69 Å². The minimum atomic E-state index is -0.291. The van der Waals surface area contributed by atoms with Crippen LogP contribution in [-0.2, 0) is 11.3 Å². The van der Waals surface area contributed by atoms with Crippen LogP contribution in [0.1, 0.15) is 51.9 Å². The Bertz CT molecular complexity index is 1310. The van der Waals surface area contributed by atoms with Crippen molar-refractivity contribution in [2.24, 2.45) is 11.7 Å². The fourth-order valence-corrected chi connectivity index (χ4v) is 4.05. The summed E-state index contributed by atoms with van der Waals surface area (Å²) >= 11 is 0. The second kappa shape index (κ2) is 10.2. The van der Waals surface area contributed by atoms with Crippen molar-refractivity contribution in [3.8, 4) is 5.69 Å². The van der Waals surface area contributed by atoms with E-state index >= 15 is 0 Å². The first-order valence-electron chi connectivity index (χ1n) is 11.9. The summed E-state index contributed by atoms with van der Waals surface area (Å²) in [4.78, 5) is 17.8. The van der Waals surface area contributed by atoms with Crippen molar-refractivity contribution >= 4 is 11.6 Å². The van der Waals surface area contributed by atoms with E-state index in [1.807, 2.05) is 73.7 Å². The molecule has 2 aromatic heterocycles. The normalized spacial score (nSPS) is 14.0. The van der Waals surface area contributed by atoms with Gasteiger partial charge in [-0.2, -0.15) is 5.10 Å². The van der Waals surface area contributed by atoms with Gasteiger partial charge < -0.3 is 15.8 Å². The molecule has 7 nitrogen and oxygen atoms in total. The van der Waals surface area contributed by atoms with Crippen molar-refractivity contribution < 1.29 is 9.53 Å². The van der Waals surface area contributed by atoms with Gasteiger partial charge in [0.25, 0.3) is 5.91 Å². The maximum absolute atomic E-state index is 13.3. The summed E-state index contributed by atoms with van der Waals surface area (Å²) in [6, 6.07) is 23.1. The number of amides is 1. The van der Waals surface area contributed by atoms with E-state index in [0.29, 0.717) is 30.5 Å². The fourth-order valence-electron chi connectivity index (χ4n) is 4.05. The highest BCUT2D eigenvalue weighted by Crippen LogP contribution is 2.33. The zero-order valence-corrected chi connectivity index (χ0v) is 19.7. The Morgan fingerprint density at radius 3 is 2.74 bits per heavy atom. The molecule has 0 radical (unpaired) electrons. The van der Waals surface area contributed by atoms with Gasteiger partial charge in [0.2, 0.25) is 0 Å². The summed E-state index contributed by atoms with van der Waals surface area (Å²) in [5, 5.41) is 7.57. The van der Waals surface area contributed by atoms with Gasteiger partial charge in [-0.3, -0.25) is 9.78 Å². The van der Waals surface area contributed by atoms with E-state index in [9.17, 15) is 4.79 Å². The van der Waals surface area contributed by atoms with Gasteiger partial charge in [0.1, 0.15) is 11.8 Å². The van der Waals surface area contributed by atoms with Crippen LogP contribution >= 0.6 is 0 Å². The Morgan fingerprint density at radius 1 is 1.11 bits per heavy atom. The van der Waals surface area contributed by atoms with E-state index in [1.54, 1.807) is 16.9 Å². The van der Waals surface area contributed by atoms with E-state index in [2.05, 4.69) is 15.4 Å². The lowest BCUT2D eigenvalue weighted by Gasteiger charge is -2.19. The van der Waals surface area contributed by atoms with Crippen molar-refractivity contribution in [3.05, 3.63) is 107 Å². The molecule has 1 fully saturated rings. The lowest BCUT2D eigenvalue weighted by Crippen LogP contribution is -2.17. The van der Waals surface area contributed by atoms with Gasteiger partial charge in [0.15, 0.2) is 0 Å². The first kappa shape index (κ1) is 23.0. The molecule has 1 aliphatic rings. The third kappa shape index (κ3) is 5.48. The number of aromatic nitrogens is 3. The maximum Gasteiger partial charge on any atom is 0.274 e. The summed E-state index contributed by atoms with van der Waals surface area (Å²) in [5.41, 5.74) is 11.3. The molecule has 1 unspecified atom stereocenters. The van der Waals surface area contributed by atoms with Gasteiger partial charge >= 0.3 is 0 Å². The molecule has 0 bridgehead atoms. The molecule has 0 aliphatic heterocycles. The molecule has 178 valence electrons. The van der Waals surface area contributed by atoms with Gasteiger partial charge in [-0.1, -0.05) is 30.3 Å². The Hall–Kier alpha value is -3.81. The van der Waals surface area contributed by atoms with Crippen LogP contribution in [0.2, 0.25) is 0 Å². The molecular weight excluding hydrogens is 438 g/mol. The Labute approximate surface area is 205 Å². The standard InChI is InChI=1S/C28H29N5O2/c1-19-14-26(33(32-19)24-9-4-6-21(15-24)17-29)28(34)31-23-8-5-7-22(16-23)27(35-18-20-11-12-20)25-10-2-3-13-30-25/h2-10,13-16,20,27H,11-12,17-18,29H2,1H3,(H,31,34). The Morgan fingerprint density at radius 2 is 1.97 bits per heavy atom. The Kier molecular flexibility index (Phi) is 6.70. The average Bonchev–Trinajstić information content (AvgIpc) is 3.63. The number of hydrogen-bond acceptors (Lipinski definition) is 5. The smallest absolute Gasteiger partial charge is 0.274 e. The van der Waals surface area contributed by atoms with Crippen LogP contribution in [0.3, 0.4) is 0 Å². The molecule has 2 aromatic carbocycles. The number of carbonyl (C=O) groups excluding carboxylic acids is 1. The predicted octanol–water partition coefficient (Wildman–Crippen LogP) is 4.80. The molecule has 1 atom stereocenters. The van der Waals surface area contributed by atoms with E-state index in [-0.39, 0.29) is 12.0 Å². The number of nitrogens with zero attached hydrogens (tertiary/aromatic N) is 3. The molecule has 0 spiro atoms. The lowest BCUT2D eigenvalue weighted by molar-refractivity contribution is 0.0691. The predicted molar refractivity (Wildman–Crippen MR) is 135 cm³/mol. The SMILES string of the molecule is Cc1cc(C(=O)Nc2cccc(C(OCC3CC3)c3ccccn3)c2)n(-c2cccc(CN)c2)n1. The number of hydrogen-bond donors (Lipinski definition) is 2. The minimum Gasteiger partial charge on any atom is -0.367 e. The monoisotopic (exact) mass is 467 g/mol. The van der Waals surface area contributed by atoms with Gasteiger partial charge in [-0.15, -0.1) is 0 Å². The molecule has 4 aromatic rings. The summed E-state index contributed by atoms with van der Waals surface area (Å²) in [5.74, 6) is 0.389. The van der Waals surface area contributed by atoms with Crippen molar-refractivity contribution in [2.45, 2.75) is 32.4 Å². The van der Waals surface area contributed by atoms with Crippen LogP contribution in [0.4, 0.5) is 5.69 Å². The highest BCUT2D eigenvalue weighted by Gasteiger charge is 2.25. The van der Waals surface area contributed by atoms with E-state index < -0.39 is 0 Å². The number of nitrogens with one attached hydrogen (secondary N) is 1. The first-order valence-corrected chi connectivity index (χ1v) is 11.9. The fraction of sp³-hybridized carbons (Fsp3) is 0.250. The summed E-state index contributed by atoms with van der Waals surface area (Å²) in [7, 11) is 0. The number of ether oxygens (including phenoxy) is 1. The van der Waals surface area contributed by atoms with Crippen LogP contribution in [0, 0.1) is 12.8 Å². The van der Waals surface area contributed by atoms with Gasteiger partial charge in [0, 0.05) is 18.4 Å². The number of pyridine rings is 1. The minimum absolute atomic E-state index is 0.241. The van der Waals surface area contributed by atoms with Gasteiger partial charge in [0.05, 0.1) is 23.7 Å². The van der Waals surface area contributed by atoms with E-state index in [0.717, 1.165) is 28.2 Å². The Balaban J connectivity index is 1.40. The molecule has 0 saturated heterocycles. The topological polar surface area (TPSA) is 95.1 Å². The van der Waals surface area contributed by atoms with Crippen LogP contribution < -0.4 is 11.1 Å². The van der Waals surface area contributed by atoms with E-state index in [4.69, 9.17) is 10.5 Å². The molecule has 1 saturated carbocycles.